The van der Waals surface area contributed by atoms with Crippen molar-refractivity contribution in [1.29, 1.82) is 0 Å². The minimum Gasteiger partial charge on any atom is -0.497 e. The van der Waals surface area contributed by atoms with Gasteiger partial charge in [0, 0.05) is 5.69 Å². The largest absolute Gasteiger partial charge is 0.497 e. The number of ether oxygens (including phenoxy) is 1. The Balaban J connectivity index is 2.11. The topological polar surface area (TPSA) is 38.3 Å². The maximum atomic E-state index is 12.5. The van der Waals surface area contributed by atoms with E-state index < -0.39 is 0 Å². The van der Waals surface area contributed by atoms with E-state index in [9.17, 15) is 4.79 Å². The summed E-state index contributed by atoms with van der Waals surface area (Å²) in [4.78, 5) is 12.5. The molecule has 0 radical (unpaired) electrons. The lowest BCUT2D eigenvalue weighted by Crippen LogP contribution is -2.21. The highest BCUT2D eigenvalue weighted by Gasteiger charge is 2.19. The van der Waals surface area contributed by atoms with Crippen LogP contribution in [-0.2, 0) is 4.79 Å². The number of amides is 1. The van der Waals surface area contributed by atoms with Crippen LogP contribution in [0.5, 0.6) is 5.75 Å². The van der Waals surface area contributed by atoms with Gasteiger partial charge in [-0.25, -0.2) is 0 Å². The molecule has 0 fully saturated rings. The van der Waals surface area contributed by atoms with Crippen LogP contribution in [-0.4, -0.2) is 13.0 Å². The molecule has 1 N–H and O–H groups in total. The zero-order valence-electron chi connectivity index (χ0n) is 12.5. The zero-order valence-corrected chi connectivity index (χ0v) is 12.5. The van der Waals surface area contributed by atoms with Crippen LogP contribution in [0.3, 0.4) is 0 Å². The van der Waals surface area contributed by atoms with E-state index in [-0.39, 0.29) is 11.8 Å². The van der Waals surface area contributed by atoms with Crippen molar-refractivity contribution >= 4 is 11.6 Å². The quantitative estimate of drug-likeness (QED) is 0.862. The molecule has 3 nitrogen and oxygen atoms in total. The van der Waals surface area contributed by atoms with Gasteiger partial charge in [-0.05, 0) is 36.2 Å². The Morgan fingerprint density at radius 3 is 2.33 bits per heavy atom. The lowest BCUT2D eigenvalue weighted by atomic mass is 9.93. The predicted molar refractivity (Wildman–Crippen MR) is 85.7 cm³/mol. The van der Waals surface area contributed by atoms with E-state index in [0.717, 1.165) is 29.8 Å². The molecule has 0 saturated heterocycles. The highest BCUT2D eigenvalue weighted by atomic mass is 16.5. The molecule has 0 heterocycles. The molecule has 0 unspecified atom stereocenters. The first-order valence-corrected chi connectivity index (χ1v) is 7.24. The third-order valence-corrected chi connectivity index (χ3v) is 3.45. The van der Waals surface area contributed by atoms with Gasteiger partial charge in [-0.15, -0.1) is 0 Å². The number of hydrogen-bond donors (Lipinski definition) is 1. The van der Waals surface area contributed by atoms with Gasteiger partial charge in [-0.2, -0.15) is 0 Å². The van der Waals surface area contributed by atoms with Crippen LogP contribution in [0, 0.1) is 0 Å². The third kappa shape index (κ3) is 4.09. The molecule has 2 rings (SSSR count). The molecule has 0 aliphatic rings. The number of hydrogen-bond acceptors (Lipinski definition) is 2. The van der Waals surface area contributed by atoms with E-state index >= 15 is 0 Å². The van der Waals surface area contributed by atoms with Crippen molar-refractivity contribution in [3.63, 3.8) is 0 Å². The number of benzene rings is 2. The fourth-order valence-corrected chi connectivity index (χ4v) is 2.33. The summed E-state index contributed by atoms with van der Waals surface area (Å²) in [6.45, 7) is 2.09. The molecular formula is C18H21NO2. The maximum Gasteiger partial charge on any atom is 0.231 e. The molecule has 0 spiro atoms. The summed E-state index contributed by atoms with van der Waals surface area (Å²) in [5.74, 6) is 0.702. The summed E-state index contributed by atoms with van der Waals surface area (Å²) in [5, 5.41) is 2.98. The summed E-state index contributed by atoms with van der Waals surface area (Å²) in [7, 11) is 1.63. The van der Waals surface area contributed by atoms with E-state index in [1.807, 2.05) is 54.6 Å². The SMILES string of the molecule is CCC[C@H](C(=O)Nc1ccc(OC)cc1)c1ccccc1. The molecule has 21 heavy (non-hydrogen) atoms. The Bertz CT molecular complexity index is 564. The standard InChI is InChI=1S/C18H21NO2/c1-3-7-17(14-8-5-4-6-9-14)18(20)19-15-10-12-16(21-2)13-11-15/h4-6,8-13,17H,3,7H2,1-2H3,(H,19,20)/t17-/m0/s1. The first-order valence-electron chi connectivity index (χ1n) is 7.24. The van der Waals surface area contributed by atoms with Crippen molar-refractivity contribution in [2.75, 3.05) is 12.4 Å². The van der Waals surface area contributed by atoms with Gasteiger partial charge in [0.1, 0.15) is 5.75 Å². The van der Waals surface area contributed by atoms with Crippen LogP contribution in [0.15, 0.2) is 54.6 Å². The van der Waals surface area contributed by atoms with Gasteiger partial charge >= 0.3 is 0 Å². The second kappa shape index (κ2) is 7.48. The van der Waals surface area contributed by atoms with Crippen LogP contribution in [0.2, 0.25) is 0 Å². The number of carbonyl (C=O) groups excluding carboxylic acids is 1. The summed E-state index contributed by atoms with van der Waals surface area (Å²) < 4.78 is 5.12. The molecule has 1 atom stereocenters. The third-order valence-electron chi connectivity index (χ3n) is 3.45. The number of rotatable bonds is 6. The summed E-state index contributed by atoms with van der Waals surface area (Å²) >= 11 is 0. The molecule has 2 aromatic rings. The van der Waals surface area contributed by atoms with Crippen molar-refractivity contribution < 1.29 is 9.53 Å². The Morgan fingerprint density at radius 1 is 1.10 bits per heavy atom. The average molecular weight is 283 g/mol. The Kier molecular flexibility index (Phi) is 5.38. The van der Waals surface area contributed by atoms with Crippen molar-refractivity contribution in [3.8, 4) is 5.75 Å². The highest BCUT2D eigenvalue weighted by Crippen LogP contribution is 2.24. The fraction of sp³-hybridized carbons (Fsp3) is 0.278. The van der Waals surface area contributed by atoms with Crippen molar-refractivity contribution in [2.24, 2.45) is 0 Å². The average Bonchev–Trinajstić information content (AvgIpc) is 2.54. The molecule has 2 aromatic carbocycles. The minimum atomic E-state index is -0.113. The van der Waals surface area contributed by atoms with Crippen molar-refractivity contribution in [2.45, 2.75) is 25.7 Å². The second-order valence-electron chi connectivity index (χ2n) is 4.97. The number of nitrogens with one attached hydrogen (secondary N) is 1. The van der Waals surface area contributed by atoms with Gasteiger partial charge in [0.15, 0.2) is 0 Å². The van der Waals surface area contributed by atoms with E-state index in [2.05, 4.69) is 12.2 Å². The van der Waals surface area contributed by atoms with Gasteiger partial charge in [0.2, 0.25) is 5.91 Å². The van der Waals surface area contributed by atoms with E-state index in [4.69, 9.17) is 4.74 Å². The maximum absolute atomic E-state index is 12.5. The summed E-state index contributed by atoms with van der Waals surface area (Å²) in [6.07, 6.45) is 1.81. The predicted octanol–water partition coefficient (Wildman–Crippen LogP) is 4.22. The van der Waals surface area contributed by atoms with Crippen molar-refractivity contribution in [3.05, 3.63) is 60.2 Å². The van der Waals surface area contributed by atoms with E-state index in [0.29, 0.717) is 0 Å². The highest BCUT2D eigenvalue weighted by molar-refractivity contribution is 5.95. The molecule has 0 aromatic heterocycles. The van der Waals surface area contributed by atoms with Crippen LogP contribution in [0.1, 0.15) is 31.2 Å². The van der Waals surface area contributed by atoms with Gasteiger partial charge < -0.3 is 10.1 Å². The van der Waals surface area contributed by atoms with Gasteiger partial charge in [-0.1, -0.05) is 43.7 Å². The number of anilines is 1. The number of carbonyl (C=O) groups is 1. The first-order chi connectivity index (χ1) is 10.2. The Labute approximate surface area is 126 Å². The normalized spacial score (nSPS) is 11.7. The molecule has 0 saturated carbocycles. The van der Waals surface area contributed by atoms with E-state index in [1.165, 1.54) is 0 Å². The van der Waals surface area contributed by atoms with Gasteiger partial charge in [0.25, 0.3) is 0 Å². The second-order valence-corrected chi connectivity index (χ2v) is 4.97. The fourth-order valence-electron chi connectivity index (χ4n) is 2.33. The van der Waals surface area contributed by atoms with Crippen LogP contribution < -0.4 is 10.1 Å². The molecule has 3 heteroatoms. The summed E-state index contributed by atoms with van der Waals surface area (Å²) in [6, 6.07) is 17.3. The Morgan fingerprint density at radius 2 is 1.76 bits per heavy atom. The van der Waals surface area contributed by atoms with Crippen LogP contribution >= 0.6 is 0 Å². The smallest absolute Gasteiger partial charge is 0.231 e. The lowest BCUT2D eigenvalue weighted by Gasteiger charge is -2.16. The molecule has 0 bridgehead atoms. The van der Waals surface area contributed by atoms with Gasteiger partial charge in [-0.3, -0.25) is 4.79 Å². The summed E-state index contributed by atoms with van der Waals surface area (Å²) in [5.41, 5.74) is 1.85. The lowest BCUT2D eigenvalue weighted by molar-refractivity contribution is -0.117. The van der Waals surface area contributed by atoms with E-state index in [1.54, 1.807) is 7.11 Å². The molecule has 110 valence electrons. The molecule has 0 aliphatic carbocycles. The minimum absolute atomic E-state index is 0.0354. The van der Waals surface area contributed by atoms with Gasteiger partial charge in [0.05, 0.1) is 13.0 Å². The van der Waals surface area contributed by atoms with Crippen molar-refractivity contribution in [1.82, 2.24) is 0 Å². The molecule has 0 aliphatic heterocycles. The zero-order chi connectivity index (χ0) is 15.1. The first kappa shape index (κ1) is 15.1. The van der Waals surface area contributed by atoms with Crippen LogP contribution in [0.4, 0.5) is 5.69 Å². The molecule has 1 amide bonds. The number of methoxy groups -OCH3 is 1. The molecular weight excluding hydrogens is 262 g/mol. The Hall–Kier alpha value is -2.29. The monoisotopic (exact) mass is 283 g/mol. The van der Waals surface area contributed by atoms with Crippen LogP contribution in [0.25, 0.3) is 0 Å².